The number of aromatic amines is 1. The number of rotatable bonds is 5. The van der Waals surface area contributed by atoms with Crippen LogP contribution >= 0.6 is 0 Å². The summed E-state index contributed by atoms with van der Waals surface area (Å²) in [6, 6.07) is 11.1. The molecule has 1 aromatic heterocycles. The normalized spacial score (nSPS) is 12.0. The first-order valence-electron chi connectivity index (χ1n) is 8.08. The molecule has 0 aliphatic rings. The van der Waals surface area contributed by atoms with Gasteiger partial charge in [-0.15, -0.1) is 0 Å². The number of benzene rings is 2. The summed E-state index contributed by atoms with van der Waals surface area (Å²) < 4.78 is 18.7. The van der Waals surface area contributed by atoms with E-state index in [1.165, 1.54) is 19.2 Å². The van der Waals surface area contributed by atoms with Crippen LogP contribution in [0.25, 0.3) is 10.8 Å². The van der Waals surface area contributed by atoms with Crippen molar-refractivity contribution in [3.8, 4) is 5.75 Å². The van der Waals surface area contributed by atoms with Crippen LogP contribution in [-0.4, -0.2) is 23.2 Å². The van der Waals surface area contributed by atoms with Crippen molar-refractivity contribution >= 4 is 16.7 Å². The largest absolute Gasteiger partial charge is 0.494 e. The van der Waals surface area contributed by atoms with Crippen molar-refractivity contribution in [1.29, 1.82) is 0 Å². The number of hydrogen-bond donors (Lipinski definition) is 2. The summed E-state index contributed by atoms with van der Waals surface area (Å²) in [5, 5.41) is 10.3. The maximum absolute atomic E-state index is 13.8. The smallest absolute Gasteiger partial charge is 0.272 e. The van der Waals surface area contributed by atoms with E-state index in [0.29, 0.717) is 22.0 Å². The van der Waals surface area contributed by atoms with Crippen LogP contribution in [0.15, 0.2) is 47.3 Å². The average Bonchev–Trinajstić information content (AvgIpc) is 2.64. The highest BCUT2D eigenvalue weighted by molar-refractivity contribution is 5.88. The summed E-state index contributed by atoms with van der Waals surface area (Å²) in [6.45, 7) is 1.76. The van der Waals surface area contributed by atoms with Crippen LogP contribution in [0, 0.1) is 5.82 Å². The molecule has 1 amide bonds. The molecule has 6 nitrogen and oxygen atoms in total. The molecular formula is C19H18FN3O3. The van der Waals surface area contributed by atoms with E-state index in [4.69, 9.17) is 4.74 Å². The Bertz CT molecular complexity index is 1020. The number of amides is 1. The number of nitrogens with one attached hydrogen (secondary N) is 2. The second-order valence-electron chi connectivity index (χ2n) is 5.90. The number of fused-ring (bicyclic) bond motifs is 1. The van der Waals surface area contributed by atoms with Gasteiger partial charge < -0.3 is 10.1 Å². The summed E-state index contributed by atoms with van der Waals surface area (Å²) in [4.78, 5) is 24.2. The second kappa shape index (κ2) is 7.35. The molecule has 0 saturated carbocycles. The first-order chi connectivity index (χ1) is 12.5. The van der Waals surface area contributed by atoms with Crippen LogP contribution in [0.2, 0.25) is 0 Å². The minimum atomic E-state index is -0.487. The Morgan fingerprint density at radius 3 is 2.69 bits per heavy atom. The second-order valence-corrected chi connectivity index (χ2v) is 5.90. The van der Waals surface area contributed by atoms with E-state index < -0.39 is 11.9 Å². The van der Waals surface area contributed by atoms with Crippen LogP contribution in [0.3, 0.4) is 0 Å². The van der Waals surface area contributed by atoms with Crippen molar-refractivity contribution in [3.05, 3.63) is 69.9 Å². The fourth-order valence-electron chi connectivity index (χ4n) is 2.79. The van der Waals surface area contributed by atoms with Gasteiger partial charge >= 0.3 is 0 Å². The van der Waals surface area contributed by atoms with Crippen LogP contribution in [0.5, 0.6) is 5.75 Å². The minimum Gasteiger partial charge on any atom is -0.494 e. The van der Waals surface area contributed by atoms with E-state index >= 15 is 0 Å². The van der Waals surface area contributed by atoms with Gasteiger partial charge in [0.05, 0.1) is 30.7 Å². The predicted molar refractivity (Wildman–Crippen MR) is 95.6 cm³/mol. The van der Waals surface area contributed by atoms with Gasteiger partial charge in [-0.3, -0.25) is 9.59 Å². The van der Waals surface area contributed by atoms with Gasteiger partial charge in [-0.2, -0.15) is 5.10 Å². The highest BCUT2D eigenvalue weighted by atomic mass is 19.1. The van der Waals surface area contributed by atoms with Crippen LogP contribution in [0.4, 0.5) is 4.39 Å². The van der Waals surface area contributed by atoms with Crippen molar-refractivity contribution in [2.75, 3.05) is 7.11 Å². The third-order valence-corrected chi connectivity index (χ3v) is 4.16. The van der Waals surface area contributed by atoms with E-state index in [0.717, 1.165) is 0 Å². The highest BCUT2D eigenvalue weighted by Gasteiger charge is 2.15. The molecule has 0 fully saturated rings. The average molecular weight is 355 g/mol. The molecule has 3 aromatic rings. The molecule has 0 saturated heterocycles. The standard InChI is InChI=1S/C19H18FN3O3/c1-11(12-7-8-17(26-2)15(20)9-12)21-18(24)10-16-13-5-3-4-6-14(13)19(25)23-22-16/h3-9,11H,10H2,1-2H3,(H,21,24)(H,23,25). The maximum atomic E-state index is 13.8. The number of methoxy groups -OCH3 is 1. The van der Waals surface area contributed by atoms with Crippen molar-refractivity contribution in [2.24, 2.45) is 0 Å². The number of nitrogens with zero attached hydrogens (tertiary/aromatic N) is 1. The molecule has 0 radical (unpaired) electrons. The van der Waals surface area contributed by atoms with Crippen LogP contribution in [-0.2, 0) is 11.2 Å². The zero-order chi connectivity index (χ0) is 18.7. The SMILES string of the molecule is COc1ccc(C(C)NC(=O)Cc2n[nH]c(=O)c3ccccc23)cc1F. The van der Waals surface area contributed by atoms with Gasteiger partial charge in [0.1, 0.15) is 0 Å². The Morgan fingerprint density at radius 2 is 2.00 bits per heavy atom. The van der Waals surface area contributed by atoms with Gasteiger partial charge in [0.25, 0.3) is 5.56 Å². The lowest BCUT2D eigenvalue weighted by Crippen LogP contribution is -2.29. The zero-order valence-corrected chi connectivity index (χ0v) is 14.4. The number of hydrogen-bond acceptors (Lipinski definition) is 4. The predicted octanol–water partition coefficient (Wildman–Crippen LogP) is 2.49. The topological polar surface area (TPSA) is 84.1 Å². The quantitative estimate of drug-likeness (QED) is 0.736. The van der Waals surface area contributed by atoms with Crippen molar-refractivity contribution in [3.63, 3.8) is 0 Å². The molecule has 1 heterocycles. The Morgan fingerprint density at radius 1 is 1.27 bits per heavy atom. The fourth-order valence-corrected chi connectivity index (χ4v) is 2.79. The number of H-pyrrole nitrogens is 1. The van der Waals surface area contributed by atoms with Crippen LogP contribution < -0.4 is 15.6 Å². The third kappa shape index (κ3) is 3.56. The van der Waals surface area contributed by atoms with Crippen molar-refractivity contribution in [2.45, 2.75) is 19.4 Å². The summed E-state index contributed by atoms with van der Waals surface area (Å²) in [5.74, 6) is -0.617. The highest BCUT2D eigenvalue weighted by Crippen LogP contribution is 2.22. The van der Waals surface area contributed by atoms with Crippen molar-refractivity contribution < 1.29 is 13.9 Å². The molecule has 7 heteroatoms. The molecular weight excluding hydrogens is 337 g/mol. The first kappa shape index (κ1) is 17.6. The first-order valence-corrected chi connectivity index (χ1v) is 8.08. The molecule has 2 N–H and O–H groups in total. The molecule has 0 spiro atoms. The number of carbonyl (C=O) groups is 1. The number of halogens is 1. The minimum absolute atomic E-state index is 0.000268. The number of aromatic nitrogens is 2. The van der Waals surface area contributed by atoms with Gasteiger partial charge in [0.2, 0.25) is 5.91 Å². The van der Waals surface area contributed by atoms with Crippen molar-refractivity contribution in [1.82, 2.24) is 15.5 Å². The van der Waals surface area contributed by atoms with E-state index in [1.54, 1.807) is 37.3 Å². The van der Waals surface area contributed by atoms with Gasteiger partial charge in [-0.25, -0.2) is 9.49 Å². The summed E-state index contributed by atoms with van der Waals surface area (Å²) in [6.07, 6.45) is 0.000268. The molecule has 26 heavy (non-hydrogen) atoms. The Kier molecular flexibility index (Phi) is 4.97. The Hall–Kier alpha value is -3.22. The molecule has 0 bridgehead atoms. The lowest BCUT2D eigenvalue weighted by molar-refractivity contribution is -0.121. The summed E-state index contributed by atoms with van der Waals surface area (Å²) in [5.41, 5.74) is 0.800. The van der Waals surface area contributed by atoms with Gasteiger partial charge in [-0.1, -0.05) is 24.3 Å². The van der Waals surface area contributed by atoms with E-state index in [-0.39, 0.29) is 23.6 Å². The molecule has 1 atom stereocenters. The molecule has 1 unspecified atom stereocenters. The zero-order valence-electron chi connectivity index (χ0n) is 14.4. The summed E-state index contributed by atoms with van der Waals surface area (Å²) in [7, 11) is 1.39. The Labute approximate surface area is 149 Å². The van der Waals surface area contributed by atoms with E-state index in [2.05, 4.69) is 15.5 Å². The number of carbonyl (C=O) groups excluding carboxylic acids is 1. The fraction of sp³-hybridized carbons (Fsp3) is 0.211. The van der Waals surface area contributed by atoms with Gasteiger partial charge in [-0.05, 0) is 30.7 Å². The molecule has 0 aliphatic carbocycles. The lowest BCUT2D eigenvalue weighted by Gasteiger charge is -2.15. The van der Waals surface area contributed by atoms with E-state index in [1.807, 2.05) is 0 Å². The Balaban J connectivity index is 1.76. The monoisotopic (exact) mass is 355 g/mol. The molecule has 2 aromatic carbocycles. The van der Waals surface area contributed by atoms with E-state index in [9.17, 15) is 14.0 Å². The molecule has 134 valence electrons. The summed E-state index contributed by atoms with van der Waals surface area (Å²) >= 11 is 0. The van der Waals surface area contributed by atoms with Crippen LogP contribution in [0.1, 0.15) is 24.2 Å². The molecule has 3 rings (SSSR count). The van der Waals surface area contributed by atoms with Gasteiger partial charge in [0, 0.05) is 5.39 Å². The third-order valence-electron chi connectivity index (χ3n) is 4.16. The molecule has 0 aliphatic heterocycles. The number of ether oxygens (including phenoxy) is 1. The maximum Gasteiger partial charge on any atom is 0.272 e. The lowest BCUT2D eigenvalue weighted by atomic mass is 10.1. The van der Waals surface area contributed by atoms with Gasteiger partial charge in [0.15, 0.2) is 11.6 Å².